The van der Waals surface area contributed by atoms with Crippen LogP contribution >= 0.6 is 11.6 Å². The molecule has 0 N–H and O–H groups in total. The molecule has 7 nitrogen and oxygen atoms in total. The number of ether oxygens (including phenoxy) is 3. The zero-order valence-corrected chi connectivity index (χ0v) is 17.3. The van der Waals surface area contributed by atoms with Crippen LogP contribution in [0.15, 0.2) is 41.2 Å². The number of benzene rings is 2. The molecular formula is C22H21ClN2O5. The van der Waals surface area contributed by atoms with Crippen LogP contribution in [0.25, 0.3) is 10.8 Å². The van der Waals surface area contributed by atoms with Crippen LogP contribution < -0.4 is 15.0 Å². The molecule has 0 fully saturated rings. The second-order valence-electron chi connectivity index (χ2n) is 6.95. The van der Waals surface area contributed by atoms with Crippen molar-refractivity contribution < 1.29 is 19.0 Å². The Morgan fingerprint density at radius 2 is 1.97 bits per heavy atom. The molecule has 30 heavy (non-hydrogen) atoms. The molecule has 0 aliphatic carbocycles. The van der Waals surface area contributed by atoms with Gasteiger partial charge in [-0.1, -0.05) is 43.1 Å². The van der Waals surface area contributed by atoms with Gasteiger partial charge in [0.05, 0.1) is 10.4 Å². The van der Waals surface area contributed by atoms with Crippen LogP contribution in [0.3, 0.4) is 0 Å². The highest BCUT2D eigenvalue weighted by molar-refractivity contribution is 6.32. The number of aryl methyl sites for hydroxylation is 1. The van der Waals surface area contributed by atoms with Gasteiger partial charge in [0, 0.05) is 11.9 Å². The van der Waals surface area contributed by atoms with Crippen LogP contribution in [0, 0.1) is 0 Å². The lowest BCUT2D eigenvalue weighted by Gasteiger charge is -2.20. The molecule has 1 aromatic heterocycles. The number of hydrogen-bond acceptors (Lipinski definition) is 6. The van der Waals surface area contributed by atoms with Crippen molar-refractivity contribution in [2.75, 3.05) is 13.2 Å². The fourth-order valence-corrected chi connectivity index (χ4v) is 3.60. The summed E-state index contributed by atoms with van der Waals surface area (Å²) in [5.41, 5.74) is 0.570. The third kappa shape index (κ3) is 3.98. The molecule has 1 aliphatic heterocycles. The number of fused-ring (bicyclic) bond motifs is 2. The van der Waals surface area contributed by atoms with E-state index in [4.69, 9.17) is 25.8 Å². The molecule has 0 unspecified atom stereocenters. The van der Waals surface area contributed by atoms with E-state index in [9.17, 15) is 9.59 Å². The molecular weight excluding hydrogens is 408 g/mol. The van der Waals surface area contributed by atoms with Gasteiger partial charge in [0.1, 0.15) is 19.8 Å². The highest BCUT2D eigenvalue weighted by Crippen LogP contribution is 2.38. The van der Waals surface area contributed by atoms with Gasteiger partial charge in [-0.05, 0) is 30.2 Å². The quantitative estimate of drug-likeness (QED) is 0.552. The number of carbonyl (C=O) groups is 1. The number of carbonyl (C=O) groups excluding carboxylic acids is 1. The van der Waals surface area contributed by atoms with Gasteiger partial charge in [-0.25, -0.2) is 9.48 Å². The summed E-state index contributed by atoms with van der Waals surface area (Å²) < 4.78 is 17.9. The predicted octanol–water partition coefficient (Wildman–Crippen LogP) is 3.98. The van der Waals surface area contributed by atoms with E-state index in [0.717, 1.165) is 12.8 Å². The fraction of sp³-hybridized carbons (Fsp3) is 0.318. The van der Waals surface area contributed by atoms with Gasteiger partial charge in [-0.2, -0.15) is 5.10 Å². The largest absolute Gasteiger partial charge is 0.486 e. The minimum atomic E-state index is -0.609. The van der Waals surface area contributed by atoms with Crippen molar-refractivity contribution in [3.8, 4) is 11.5 Å². The van der Waals surface area contributed by atoms with E-state index in [2.05, 4.69) is 5.10 Å². The van der Waals surface area contributed by atoms with Gasteiger partial charge in [-0.3, -0.25) is 4.79 Å². The van der Waals surface area contributed by atoms with Crippen LogP contribution in [-0.2, 0) is 17.9 Å². The lowest BCUT2D eigenvalue weighted by molar-refractivity contribution is 0.0464. The molecule has 0 spiro atoms. The Morgan fingerprint density at radius 3 is 2.77 bits per heavy atom. The summed E-state index contributed by atoms with van der Waals surface area (Å²) in [6.45, 7) is 3.33. The molecule has 8 heteroatoms. The number of unbranched alkanes of at least 4 members (excludes halogenated alkanes) is 1. The molecule has 0 bridgehead atoms. The van der Waals surface area contributed by atoms with E-state index >= 15 is 0 Å². The Labute approximate surface area is 178 Å². The summed E-state index contributed by atoms with van der Waals surface area (Å²) in [6.07, 6.45) is 1.70. The highest BCUT2D eigenvalue weighted by atomic mass is 35.5. The third-order valence-electron chi connectivity index (χ3n) is 4.81. The minimum absolute atomic E-state index is 0.0146. The van der Waals surface area contributed by atoms with E-state index in [-0.39, 0.29) is 17.9 Å². The summed E-state index contributed by atoms with van der Waals surface area (Å²) in [5.74, 6) is 0.410. The molecule has 0 saturated carbocycles. The van der Waals surface area contributed by atoms with Crippen molar-refractivity contribution in [2.45, 2.75) is 32.9 Å². The first kappa shape index (κ1) is 20.2. The molecule has 1 aliphatic rings. The smallest absolute Gasteiger partial charge is 0.359 e. The first-order valence-electron chi connectivity index (χ1n) is 9.83. The fourth-order valence-electron chi connectivity index (χ4n) is 3.31. The molecule has 2 heterocycles. The third-order valence-corrected chi connectivity index (χ3v) is 5.09. The van der Waals surface area contributed by atoms with Crippen molar-refractivity contribution in [1.82, 2.24) is 9.78 Å². The van der Waals surface area contributed by atoms with E-state index in [1.165, 1.54) is 4.68 Å². The van der Waals surface area contributed by atoms with Crippen molar-refractivity contribution >= 4 is 28.3 Å². The molecule has 0 radical (unpaired) electrons. The number of aromatic nitrogens is 2. The summed E-state index contributed by atoms with van der Waals surface area (Å²) in [5, 5.41) is 5.61. The van der Waals surface area contributed by atoms with Crippen LogP contribution in [0.2, 0.25) is 5.02 Å². The molecule has 0 atom stereocenters. The topological polar surface area (TPSA) is 79.7 Å². The molecule has 4 rings (SSSR count). The number of nitrogens with zero attached hydrogens (tertiary/aromatic N) is 2. The van der Waals surface area contributed by atoms with Crippen LogP contribution in [0.5, 0.6) is 11.5 Å². The van der Waals surface area contributed by atoms with Crippen LogP contribution in [-0.4, -0.2) is 29.0 Å². The maximum atomic E-state index is 12.9. The number of rotatable bonds is 6. The second kappa shape index (κ2) is 8.75. The van der Waals surface area contributed by atoms with Crippen molar-refractivity contribution in [3.05, 3.63) is 63.0 Å². The molecule has 0 amide bonds. The van der Waals surface area contributed by atoms with Crippen molar-refractivity contribution in [2.24, 2.45) is 0 Å². The van der Waals surface area contributed by atoms with Gasteiger partial charge in [0.15, 0.2) is 17.2 Å². The van der Waals surface area contributed by atoms with Crippen LogP contribution in [0.1, 0.15) is 35.8 Å². The number of hydrogen-bond donors (Lipinski definition) is 0. The monoisotopic (exact) mass is 428 g/mol. The number of halogens is 1. The SMILES string of the molecule is CCCCn1nc(C(=O)OCc2cc(Cl)c3c(c2)OCCO3)c2ccccc2c1=O. The minimum Gasteiger partial charge on any atom is -0.486 e. The maximum Gasteiger partial charge on any atom is 0.359 e. The van der Waals surface area contributed by atoms with Gasteiger partial charge in [0.2, 0.25) is 0 Å². The van der Waals surface area contributed by atoms with Crippen LogP contribution in [0.4, 0.5) is 0 Å². The Hall–Kier alpha value is -3.06. The molecule has 2 aromatic carbocycles. The van der Waals surface area contributed by atoms with Crippen molar-refractivity contribution in [1.29, 1.82) is 0 Å². The van der Waals surface area contributed by atoms with Gasteiger partial charge < -0.3 is 14.2 Å². The predicted molar refractivity (Wildman–Crippen MR) is 112 cm³/mol. The first-order chi connectivity index (χ1) is 14.6. The van der Waals surface area contributed by atoms with Gasteiger partial charge >= 0.3 is 5.97 Å². The lowest BCUT2D eigenvalue weighted by atomic mass is 10.1. The van der Waals surface area contributed by atoms with Crippen molar-refractivity contribution in [3.63, 3.8) is 0 Å². The summed E-state index contributed by atoms with van der Waals surface area (Å²) >= 11 is 6.25. The first-order valence-corrected chi connectivity index (χ1v) is 10.2. The van der Waals surface area contributed by atoms with E-state index in [1.807, 2.05) is 6.92 Å². The van der Waals surface area contributed by atoms with Gasteiger partial charge in [0.25, 0.3) is 5.56 Å². The van der Waals surface area contributed by atoms with E-state index in [0.29, 0.717) is 52.6 Å². The highest BCUT2D eigenvalue weighted by Gasteiger charge is 2.20. The summed E-state index contributed by atoms with van der Waals surface area (Å²) in [4.78, 5) is 25.5. The lowest BCUT2D eigenvalue weighted by Crippen LogP contribution is -2.26. The zero-order chi connectivity index (χ0) is 21.1. The Balaban J connectivity index is 1.61. The second-order valence-corrected chi connectivity index (χ2v) is 7.36. The summed E-state index contributed by atoms with van der Waals surface area (Å²) in [7, 11) is 0. The normalized spacial score (nSPS) is 12.7. The Kier molecular flexibility index (Phi) is 5.90. The average molecular weight is 429 g/mol. The summed E-state index contributed by atoms with van der Waals surface area (Å²) in [6, 6.07) is 10.3. The Bertz CT molecular complexity index is 1160. The zero-order valence-electron chi connectivity index (χ0n) is 16.5. The molecule has 0 saturated heterocycles. The standard InChI is InChI=1S/C22H21ClN2O5/c1-2-3-8-25-21(26)16-7-5-4-6-15(16)19(24-25)22(27)30-13-14-11-17(23)20-18(12-14)28-9-10-29-20/h4-7,11-12H,2-3,8-10,13H2,1H3. The maximum absolute atomic E-state index is 12.9. The van der Waals surface area contributed by atoms with Gasteiger partial charge in [-0.15, -0.1) is 0 Å². The van der Waals surface area contributed by atoms with E-state index < -0.39 is 5.97 Å². The number of esters is 1. The van der Waals surface area contributed by atoms with E-state index in [1.54, 1.807) is 36.4 Å². The molecule has 3 aromatic rings. The Morgan fingerprint density at radius 1 is 1.20 bits per heavy atom. The molecule has 156 valence electrons. The average Bonchev–Trinajstić information content (AvgIpc) is 2.77.